The average molecular weight is 151 g/mol. The highest BCUT2D eigenvalue weighted by Crippen LogP contribution is 2.00. The molecule has 0 aliphatic carbocycles. The van der Waals surface area contributed by atoms with E-state index in [-0.39, 0.29) is 0 Å². The van der Waals surface area contributed by atoms with E-state index in [1.807, 2.05) is 26.2 Å². The SMILES string of the molecule is CC.CCc1cncc(C)c1. The lowest BCUT2D eigenvalue weighted by Crippen LogP contribution is -1.82. The summed E-state index contributed by atoms with van der Waals surface area (Å²) < 4.78 is 0. The van der Waals surface area contributed by atoms with Gasteiger partial charge in [-0.3, -0.25) is 4.98 Å². The highest BCUT2D eigenvalue weighted by atomic mass is 14.6. The first kappa shape index (κ1) is 10.2. The Morgan fingerprint density at radius 1 is 1.27 bits per heavy atom. The number of hydrogen-bond acceptors (Lipinski definition) is 1. The normalized spacial score (nSPS) is 8.36. The molecule has 1 nitrogen and oxygen atoms in total. The molecule has 1 aromatic rings. The summed E-state index contributed by atoms with van der Waals surface area (Å²) in [6.07, 6.45) is 4.86. The minimum atomic E-state index is 1.08. The van der Waals surface area contributed by atoms with E-state index in [0.29, 0.717) is 0 Å². The largest absolute Gasteiger partial charge is 0.264 e. The van der Waals surface area contributed by atoms with Gasteiger partial charge in [0.15, 0.2) is 0 Å². The van der Waals surface area contributed by atoms with Crippen molar-refractivity contribution in [3.05, 3.63) is 29.6 Å². The number of aryl methyl sites for hydroxylation is 2. The Morgan fingerprint density at radius 2 is 1.91 bits per heavy atom. The van der Waals surface area contributed by atoms with E-state index in [2.05, 4.69) is 24.9 Å². The molecule has 11 heavy (non-hydrogen) atoms. The summed E-state index contributed by atoms with van der Waals surface area (Å²) >= 11 is 0. The summed E-state index contributed by atoms with van der Waals surface area (Å²) in [5.41, 5.74) is 2.56. The molecule has 0 aliphatic heterocycles. The minimum absolute atomic E-state index is 1.08. The number of hydrogen-bond donors (Lipinski definition) is 0. The maximum Gasteiger partial charge on any atom is 0.0299 e. The Balaban J connectivity index is 0.000000461. The van der Waals surface area contributed by atoms with Crippen molar-refractivity contribution in [1.82, 2.24) is 4.98 Å². The van der Waals surface area contributed by atoms with Crippen molar-refractivity contribution >= 4 is 0 Å². The van der Waals surface area contributed by atoms with Crippen LogP contribution in [-0.2, 0) is 6.42 Å². The molecule has 1 aromatic heterocycles. The van der Waals surface area contributed by atoms with Gasteiger partial charge in [0.2, 0.25) is 0 Å². The highest BCUT2D eigenvalue weighted by molar-refractivity contribution is 5.15. The molecule has 0 bridgehead atoms. The van der Waals surface area contributed by atoms with Gasteiger partial charge in [-0.1, -0.05) is 26.8 Å². The van der Waals surface area contributed by atoms with Crippen LogP contribution in [0.1, 0.15) is 31.9 Å². The quantitative estimate of drug-likeness (QED) is 0.601. The van der Waals surface area contributed by atoms with Crippen molar-refractivity contribution < 1.29 is 0 Å². The summed E-state index contributed by atoms with van der Waals surface area (Å²) in [7, 11) is 0. The van der Waals surface area contributed by atoms with Crippen LogP contribution in [0.25, 0.3) is 0 Å². The smallest absolute Gasteiger partial charge is 0.0299 e. The topological polar surface area (TPSA) is 12.9 Å². The summed E-state index contributed by atoms with van der Waals surface area (Å²) in [5.74, 6) is 0. The fourth-order valence-electron chi connectivity index (χ4n) is 0.811. The Hall–Kier alpha value is -0.850. The first-order chi connectivity index (χ1) is 5.33. The summed E-state index contributed by atoms with van der Waals surface area (Å²) in [6, 6.07) is 2.16. The third kappa shape index (κ3) is 3.76. The van der Waals surface area contributed by atoms with Gasteiger partial charge in [-0.2, -0.15) is 0 Å². The summed E-state index contributed by atoms with van der Waals surface area (Å²) in [6.45, 7) is 8.20. The maximum absolute atomic E-state index is 4.06. The number of pyridine rings is 1. The second-order valence-corrected chi connectivity index (χ2v) is 2.22. The van der Waals surface area contributed by atoms with E-state index in [4.69, 9.17) is 0 Å². The lowest BCUT2D eigenvalue weighted by Gasteiger charge is -1.94. The standard InChI is InChI=1S/C8H11N.C2H6/c1-3-8-4-7(2)5-9-6-8;1-2/h4-6H,3H2,1-2H3;1-2H3. The lowest BCUT2D eigenvalue weighted by atomic mass is 10.2. The van der Waals surface area contributed by atoms with Crippen molar-refractivity contribution in [2.24, 2.45) is 0 Å². The van der Waals surface area contributed by atoms with E-state index in [0.717, 1.165) is 6.42 Å². The molecule has 0 aliphatic rings. The van der Waals surface area contributed by atoms with Gasteiger partial charge in [0, 0.05) is 12.4 Å². The maximum atomic E-state index is 4.06. The van der Waals surface area contributed by atoms with Crippen molar-refractivity contribution in [1.29, 1.82) is 0 Å². The second-order valence-electron chi connectivity index (χ2n) is 2.22. The molecule has 0 amide bonds. The number of rotatable bonds is 1. The van der Waals surface area contributed by atoms with E-state index in [9.17, 15) is 0 Å². The van der Waals surface area contributed by atoms with E-state index >= 15 is 0 Å². The molecule has 0 saturated heterocycles. The van der Waals surface area contributed by atoms with Crippen LogP contribution in [0.4, 0.5) is 0 Å². The van der Waals surface area contributed by atoms with Gasteiger partial charge < -0.3 is 0 Å². The zero-order valence-electron chi connectivity index (χ0n) is 7.89. The molecule has 1 heteroatoms. The van der Waals surface area contributed by atoms with Crippen LogP contribution >= 0.6 is 0 Å². The van der Waals surface area contributed by atoms with Gasteiger partial charge in [0.05, 0.1) is 0 Å². The molecule has 0 N–H and O–H groups in total. The molecule has 0 radical (unpaired) electrons. The van der Waals surface area contributed by atoms with Crippen molar-refractivity contribution in [2.45, 2.75) is 34.1 Å². The van der Waals surface area contributed by atoms with Gasteiger partial charge in [-0.15, -0.1) is 0 Å². The first-order valence-electron chi connectivity index (χ1n) is 4.23. The fraction of sp³-hybridized carbons (Fsp3) is 0.500. The van der Waals surface area contributed by atoms with E-state index in [1.165, 1.54) is 11.1 Å². The lowest BCUT2D eigenvalue weighted by molar-refractivity contribution is 1.09. The Morgan fingerprint density at radius 3 is 2.27 bits per heavy atom. The number of aromatic nitrogens is 1. The van der Waals surface area contributed by atoms with Gasteiger partial charge in [-0.25, -0.2) is 0 Å². The van der Waals surface area contributed by atoms with Gasteiger partial charge >= 0.3 is 0 Å². The third-order valence-corrected chi connectivity index (χ3v) is 1.34. The molecular formula is C10H17N. The van der Waals surface area contributed by atoms with Crippen LogP contribution < -0.4 is 0 Å². The van der Waals surface area contributed by atoms with Crippen LogP contribution in [0, 0.1) is 6.92 Å². The average Bonchev–Trinajstić information content (AvgIpc) is 2.08. The monoisotopic (exact) mass is 151 g/mol. The predicted octanol–water partition coefficient (Wildman–Crippen LogP) is 2.98. The van der Waals surface area contributed by atoms with Gasteiger partial charge in [-0.05, 0) is 24.5 Å². The van der Waals surface area contributed by atoms with E-state index in [1.54, 1.807) is 0 Å². The Kier molecular flexibility index (Phi) is 5.44. The molecule has 0 aromatic carbocycles. The van der Waals surface area contributed by atoms with Crippen LogP contribution in [0.5, 0.6) is 0 Å². The number of nitrogens with zero attached hydrogens (tertiary/aromatic N) is 1. The van der Waals surface area contributed by atoms with E-state index < -0.39 is 0 Å². The summed E-state index contributed by atoms with van der Waals surface area (Å²) in [5, 5.41) is 0. The van der Waals surface area contributed by atoms with Crippen LogP contribution in [0.2, 0.25) is 0 Å². The first-order valence-corrected chi connectivity index (χ1v) is 4.23. The fourth-order valence-corrected chi connectivity index (χ4v) is 0.811. The molecule has 0 saturated carbocycles. The van der Waals surface area contributed by atoms with Crippen molar-refractivity contribution in [3.8, 4) is 0 Å². The molecule has 0 atom stereocenters. The third-order valence-electron chi connectivity index (χ3n) is 1.34. The zero-order valence-corrected chi connectivity index (χ0v) is 7.89. The van der Waals surface area contributed by atoms with Crippen LogP contribution in [-0.4, -0.2) is 4.98 Å². The molecule has 0 unspecified atom stereocenters. The highest BCUT2D eigenvalue weighted by Gasteiger charge is 1.87. The van der Waals surface area contributed by atoms with Gasteiger partial charge in [0.1, 0.15) is 0 Å². The molecule has 0 fully saturated rings. The molecule has 1 rings (SSSR count). The second kappa shape index (κ2) is 5.90. The minimum Gasteiger partial charge on any atom is -0.264 e. The Labute approximate surface area is 69.5 Å². The zero-order chi connectivity index (χ0) is 8.69. The predicted molar refractivity (Wildman–Crippen MR) is 49.7 cm³/mol. The molecular weight excluding hydrogens is 134 g/mol. The molecule has 1 heterocycles. The van der Waals surface area contributed by atoms with Gasteiger partial charge in [0.25, 0.3) is 0 Å². The van der Waals surface area contributed by atoms with Crippen molar-refractivity contribution in [2.75, 3.05) is 0 Å². The summed E-state index contributed by atoms with van der Waals surface area (Å²) in [4.78, 5) is 4.06. The Bertz CT molecular complexity index is 194. The van der Waals surface area contributed by atoms with Crippen LogP contribution in [0.15, 0.2) is 18.5 Å². The van der Waals surface area contributed by atoms with Crippen LogP contribution in [0.3, 0.4) is 0 Å². The molecule has 62 valence electrons. The van der Waals surface area contributed by atoms with Crippen molar-refractivity contribution in [3.63, 3.8) is 0 Å². The molecule has 0 spiro atoms.